The molecule has 1 aromatic rings. The lowest BCUT2D eigenvalue weighted by Crippen LogP contribution is -2.39. The standard InChI is InChI=1S/C16H29N5/c1-6-13-18-14(20-17)11(2)15(19-13)21-9-7-12(8-10-21)16(3,4)5/h12H,6-10,17H2,1-5H3,(H,18,19,20). The molecular formula is C16H29N5. The number of hydrogen-bond acceptors (Lipinski definition) is 5. The molecule has 1 aliphatic rings. The highest BCUT2D eigenvalue weighted by molar-refractivity contribution is 5.58. The molecular weight excluding hydrogens is 262 g/mol. The number of piperidine rings is 1. The molecule has 0 radical (unpaired) electrons. The van der Waals surface area contributed by atoms with Gasteiger partial charge in [0.1, 0.15) is 17.5 Å². The van der Waals surface area contributed by atoms with E-state index in [0.29, 0.717) is 5.41 Å². The Morgan fingerprint density at radius 2 is 1.86 bits per heavy atom. The van der Waals surface area contributed by atoms with E-state index in [1.165, 1.54) is 12.8 Å². The monoisotopic (exact) mass is 291 g/mol. The number of rotatable bonds is 3. The summed E-state index contributed by atoms with van der Waals surface area (Å²) in [4.78, 5) is 11.6. The van der Waals surface area contributed by atoms with Crippen LogP contribution in [0.5, 0.6) is 0 Å². The maximum atomic E-state index is 5.59. The van der Waals surface area contributed by atoms with Crippen LogP contribution in [0.2, 0.25) is 0 Å². The maximum Gasteiger partial charge on any atom is 0.148 e. The molecule has 1 aliphatic heterocycles. The summed E-state index contributed by atoms with van der Waals surface area (Å²) in [5.41, 5.74) is 4.14. The highest BCUT2D eigenvalue weighted by Gasteiger charge is 2.30. The molecule has 21 heavy (non-hydrogen) atoms. The van der Waals surface area contributed by atoms with Crippen molar-refractivity contribution in [3.8, 4) is 0 Å². The van der Waals surface area contributed by atoms with Gasteiger partial charge < -0.3 is 10.3 Å². The van der Waals surface area contributed by atoms with Gasteiger partial charge >= 0.3 is 0 Å². The van der Waals surface area contributed by atoms with Gasteiger partial charge in [-0.3, -0.25) is 0 Å². The van der Waals surface area contributed by atoms with Gasteiger partial charge in [-0.1, -0.05) is 27.7 Å². The van der Waals surface area contributed by atoms with Crippen LogP contribution in [0.3, 0.4) is 0 Å². The Morgan fingerprint density at radius 3 is 2.33 bits per heavy atom. The average Bonchev–Trinajstić information content (AvgIpc) is 2.47. The van der Waals surface area contributed by atoms with Gasteiger partial charge in [0, 0.05) is 25.1 Å². The zero-order valence-corrected chi connectivity index (χ0v) is 14.0. The quantitative estimate of drug-likeness (QED) is 0.662. The largest absolute Gasteiger partial charge is 0.356 e. The van der Waals surface area contributed by atoms with Gasteiger partial charge in [0.2, 0.25) is 0 Å². The third-order valence-corrected chi connectivity index (χ3v) is 4.64. The van der Waals surface area contributed by atoms with Crippen LogP contribution in [-0.2, 0) is 6.42 Å². The normalized spacial score (nSPS) is 17.1. The molecule has 5 nitrogen and oxygen atoms in total. The van der Waals surface area contributed by atoms with Crippen LogP contribution >= 0.6 is 0 Å². The lowest BCUT2D eigenvalue weighted by atomic mass is 9.75. The fourth-order valence-corrected chi connectivity index (χ4v) is 3.11. The van der Waals surface area contributed by atoms with Crippen molar-refractivity contribution < 1.29 is 0 Å². The van der Waals surface area contributed by atoms with E-state index in [1.54, 1.807) is 0 Å². The van der Waals surface area contributed by atoms with Gasteiger partial charge in [-0.25, -0.2) is 15.8 Å². The fourth-order valence-electron chi connectivity index (χ4n) is 3.11. The first kappa shape index (κ1) is 16.0. The molecule has 2 rings (SSSR count). The minimum atomic E-state index is 0.394. The zero-order valence-electron chi connectivity index (χ0n) is 14.0. The number of nitrogens with one attached hydrogen (secondary N) is 1. The third-order valence-electron chi connectivity index (χ3n) is 4.64. The molecule has 0 amide bonds. The lowest BCUT2D eigenvalue weighted by Gasteiger charge is -2.39. The molecule has 0 aliphatic carbocycles. The van der Waals surface area contributed by atoms with Crippen LogP contribution in [-0.4, -0.2) is 23.1 Å². The number of nitrogens with two attached hydrogens (primary N) is 1. The first-order valence-electron chi connectivity index (χ1n) is 7.95. The molecule has 0 unspecified atom stereocenters. The van der Waals surface area contributed by atoms with Crippen molar-refractivity contribution in [1.29, 1.82) is 0 Å². The Morgan fingerprint density at radius 1 is 1.24 bits per heavy atom. The summed E-state index contributed by atoms with van der Waals surface area (Å²) in [5, 5.41) is 0. The van der Waals surface area contributed by atoms with Crippen molar-refractivity contribution in [2.24, 2.45) is 17.2 Å². The highest BCUT2D eigenvalue weighted by Crippen LogP contribution is 2.36. The van der Waals surface area contributed by atoms with Gasteiger partial charge in [0.25, 0.3) is 0 Å². The Hall–Kier alpha value is -1.36. The number of aromatic nitrogens is 2. The van der Waals surface area contributed by atoms with E-state index in [0.717, 1.165) is 48.5 Å². The molecule has 118 valence electrons. The summed E-state index contributed by atoms with van der Waals surface area (Å²) in [5.74, 6) is 9.02. The maximum absolute atomic E-state index is 5.59. The van der Waals surface area contributed by atoms with Crippen molar-refractivity contribution in [2.75, 3.05) is 23.4 Å². The summed E-state index contributed by atoms with van der Waals surface area (Å²) < 4.78 is 0. The second-order valence-corrected chi connectivity index (χ2v) is 7.06. The molecule has 5 heteroatoms. The Bertz CT molecular complexity index is 484. The third kappa shape index (κ3) is 3.46. The van der Waals surface area contributed by atoms with Gasteiger partial charge in [-0.2, -0.15) is 0 Å². The minimum absolute atomic E-state index is 0.394. The molecule has 1 aromatic heterocycles. The van der Waals surface area contributed by atoms with Gasteiger partial charge in [-0.05, 0) is 31.1 Å². The van der Waals surface area contributed by atoms with E-state index in [-0.39, 0.29) is 0 Å². The molecule has 0 spiro atoms. The molecule has 2 heterocycles. The van der Waals surface area contributed by atoms with Crippen LogP contribution in [0.1, 0.15) is 51.9 Å². The zero-order chi connectivity index (χ0) is 15.6. The molecule has 0 atom stereocenters. The van der Waals surface area contributed by atoms with E-state index in [1.807, 2.05) is 6.92 Å². The average molecular weight is 291 g/mol. The predicted molar refractivity (Wildman–Crippen MR) is 88.3 cm³/mol. The van der Waals surface area contributed by atoms with E-state index >= 15 is 0 Å². The van der Waals surface area contributed by atoms with Gasteiger partial charge in [-0.15, -0.1) is 0 Å². The highest BCUT2D eigenvalue weighted by atomic mass is 15.3. The van der Waals surface area contributed by atoms with E-state index in [9.17, 15) is 0 Å². The number of aryl methyl sites for hydroxylation is 1. The Labute approximate surface area is 128 Å². The van der Waals surface area contributed by atoms with Crippen LogP contribution in [0.25, 0.3) is 0 Å². The molecule has 1 saturated heterocycles. The lowest BCUT2D eigenvalue weighted by molar-refractivity contribution is 0.198. The van der Waals surface area contributed by atoms with Crippen LogP contribution in [0.15, 0.2) is 0 Å². The Kier molecular flexibility index (Phi) is 4.71. The number of hydrogen-bond donors (Lipinski definition) is 2. The fraction of sp³-hybridized carbons (Fsp3) is 0.750. The van der Waals surface area contributed by atoms with Crippen LogP contribution in [0.4, 0.5) is 11.6 Å². The number of nitrogen functional groups attached to an aromatic ring is 1. The van der Waals surface area contributed by atoms with Crippen molar-refractivity contribution in [1.82, 2.24) is 9.97 Å². The number of hydrazine groups is 1. The summed E-state index contributed by atoms with van der Waals surface area (Å²) in [6.07, 6.45) is 3.26. The first-order chi connectivity index (χ1) is 9.86. The summed E-state index contributed by atoms with van der Waals surface area (Å²) in [6.45, 7) is 13.3. The van der Waals surface area contributed by atoms with Crippen LogP contribution in [0, 0.1) is 18.3 Å². The van der Waals surface area contributed by atoms with Gasteiger partial charge in [0.15, 0.2) is 0 Å². The number of nitrogens with zero attached hydrogens (tertiary/aromatic N) is 3. The summed E-state index contributed by atoms with van der Waals surface area (Å²) in [7, 11) is 0. The van der Waals surface area contributed by atoms with Gasteiger partial charge in [0.05, 0.1) is 0 Å². The minimum Gasteiger partial charge on any atom is -0.356 e. The number of anilines is 2. The van der Waals surface area contributed by atoms with Crippen molar-refractivity contribution >= 4 is 11.6 Å². The summed E-state index contributed by atoms with van der Waals surface area (Å²) in [6, 6.07) is 0. The van der Waals surface area contributed by atoms with E-state index in [2.05, 4.69) is 43.0 Å². The second kappa shape index (κ2) is 6.18. The predicted octanol–water partition coefficient (Wildman–Crippen LogP) is 2.90. The van der Waals surface area contributed by atoms with Crippen molar-refractivity contribution in [3.63, 3.8) is 0 Å². The topological polar surface area (TPSA) is 67.1 Å². The smallest absolute Gasteiger partial charge is 0.148 e. The van der Waals surface area contributed by atoms with E-state index < -0.39 is 0 Å². The SMILES string of the molecule is CCc1nc(NN)c(C)c(N2CCC(C(C)(C)C)CC2)n1. The summed E-state index contributed by atoms with van der Waals surface area (Å²) >= 11 is 0. The van der Waals surface area contributed by atoms with E-state index in [4.69, 9.17) is 10.8 Å². The molecule has 0 saturated carbocycles. The van der Waals surface area contributed by atoms with Crippen LogP contribution < -0.4 is 16.2 Å². The van der Waals surface area contributed by atoms with Crippen molar-refractivity contribution in [2.45, 2.75) is 53.9 Å². The molecule has 1 fully saturated rings. The second-order valence-electron chi connectivity index (χ2n) is 7.06. The molecule has 0 aromatic carbocycles. The Balaban J connectivity index is 2.20. The first-order valence-corrected chi connectivity index (χ1v) is 7.95. The molecule has 0 bridgehead atoms. The van der Waals surface area contributed by atoms with Crippen molar-refractivity contribution in [3.05, 3.63) is 11.4 Å². The molecule has 3 N–H and O–H groups in total.